The molecule has 7 heteroatoms. The van der Waals surface area contributed by atoms with Crippen molar-refractivity contribution in [2.24, 2.45) is 0 Å². The second-order valence-corrected chi connectivity index (χ2v) is 6.46. The summed E-state index contributed by atoms with van der Waals surface area (Å²) in [5, 5.41) is 5.05. The van der Waals surface area contributed by atoms with Crippen molar-refractivity contribution in [3.8, 4) is 0 Å². The van der Waals surface area contributed by atoms with Gasteiger partial charge >= 0.3 is 12.1 Å². The average Bonchev–Trinajstić information content (AvgIpc) is 2.54. The lowest BCUT2D eigenvalue weighted by Crippen LogP contribution is -2.35. The Balaban J connectivity index is 2.07. The van der Waals surface area contributed by atoms with Gasteiger partial charge in [0.15, 0.2) is 0 Å². The summed E-state index contributed by atoms with van der Waals surface area (Å²) in [7, 11) is 0. The van der Waals surface area contributed by atoms with Crippen molar-refractivity contribution in [3.05, 3.63) is 35.9 Å². The summed E-state index contributed by atoms with van der Waals surface area (Å²) in [5.41, 5.74) is 0.324. The summed E-state index contributed by atoms with van der Waals surface area (Å²) in [5.74, 6) is -0.756. The third kappa shape index (κ3) is 10.8. The Morgan fingerprint density at radius 3 is 2.36 bits per heavy atom. The summed E-state index contributed by atoms with van der Waals surface area (Å²) in [6.45, 7) is 5.62. The zero-order valence-electron chi connectivity index (χ0n) is 15.0. The minimum absolute atomic E-state index is 0.164. The van der Waals surface area contributed by atoms with Gasteiger partial charge in [-0.1, -0.05) is 30.3 Å². The van der Waals surface area contributed by atoms with E-state index in [4.69, 9.17) is 9.47 Å². The molecule has 1 rings (SSSR count). The molecule has 0 aliphatic carbocycles. The van der Waals surface area contributed by atoms with Crippen molar-refractivity contribution in [1.29, 1.82) is 0 Å². The first-order valence-electron chi connectivity index (χ1n) is 8.19. The quantitative estimate of drug-likeness (QED) is 0.553. The minimum Gasteiger partial charge on any atom is -0.459 e. The number of ether oxygens (including phenoxy) is 2. The van der Waals surface area contributed by atoms with Crippen LogP contribution in [-0.4, -0.2) is 36.7 Å². The van der Waals surface area contributed by atoms with Gasteiger partial charge in [-0.25, -0.2) is 4.79 Å². The number of nitrogens with one attached hydrogen (secondary N) is 2. The van der Waals surface area contributed by atoms with Crippen LogP contribution in [0.15, 0.2) is 30.3 Å². The molecule has 25 heavy (non-hydrogen) atoms. The zero-order chi connectivity index (χ0) is 18.7. The second-order valence-electron chi connectivity index (χ2n) is 6.46. The van der Waals surface area contributed by atoms with E-state index >= 15 is 0 Å². The van der Waals surface area contributed by atoms with E-state index in [1.807, 2.05) is 30.3 Å². The molecule has 138 valence electrons. The van der Waals surface area contributed by atoms with Gasteiger partial charge in [0, 0.05) is 13.0 Å². The average molecular weight is 350 g/mol. The van der Waals surface area contributed by atoms with E-state index in [1.54, 1.807) is 20.8 Å². The molecule has 0 radical (unpaired) electrons. The first-order chi connectivity index (χ1) is 11.8. The standard InChI is InChI=1S/C18H26N2O5/c1-18(2,3)25-16(22)12-20-15(21)10-7-11-19-17(23)24-13-14-8-5-4-6-9-14/h4-6,8-9H,7,10-13H2,1-3H3,(H,19,23)(H,20,21). The largest absolute Gasteiger partial charge is 0.459 e. The molecule has 0 atom stereocenters. The van der Waals surface area contributed by atoms with Gasteiger partial charge in [0.1, 0.15) is 18.8 Å². The van der Waals surface area contributed by atoms with E-state index in [1.165, 1.54) is 0 Å². The highest BCUT2D eigenvalue weighted by atomic mass is 16.6. The van der Waals surface area contributed by atoms with Crippen LogP contribution in [0, 0.1) is 0 Å². The molecular formula is C18H26N2O5. The van der Waals surface area contributed by atoms with Gasteiger partial charge in [-0.15, -0.1) is 0 Å². The Morgan fingerprint density at radius 1 is 1.04 bits per heavy atom. The Morgan fingerprint density at radius 2 is 1.72 bits per heavy atom. The number of carbonyl (C=O) groups excluding carboxylic acids is 3. The van der Waals surface area contributed by atoms with Crippen LogP contribution in [0.3, 0.4) is 0 Å². The molecule has 0 saturated carbocycles. The predicted octanol–water partition coefficient (Wildman–Crippen LogP) is 2.15. The summed E-state index contributed by atoms with van der Waals surface area (Å²) < 4.78 is 10.1. The first-order valence-corrected chi connectivity index (χ1v) is 8.19. The van der Waals surface area contributed by atoms with Gasteiger partial charge in [-0.2, -0.15) is 0 Å². The fourth-order valence-corrected chi connectivity index (χ4v) is 1.85. The molecule has 0 aliphatic rings. The number of rotatable bonds is 8. The predicted molar refractivity (Wildman–Crippen MR) is 92.7 cm³/mol. The smallest absolute Gasteiger partial charge is 0.407 e. The Hall–Kier alpha value is -2.57. The molecule has 1 aromatic rings. The van der Waals surface area contributed by atoms with Gasteiger partial charge < -0.3 is 20.1 Å². The third-order valence-electron chi connectivity index (χ3n) is 2.91. The molecular weight excluding hydrogens is 324 g/mol. The summed E-state index contributed by atoms with van der Waals surface area (Å²) in [6.07, 6.45) is 0.112. The van der Waals surface area contributed by atoms with Crippen molar-refractivity contribution in [3.63, 3.8) is 0 Å². The highest BCUT2D eigenvalue weighted by molar-refractivity contribution is 5.82. The topological polar surface area (TPSA) is 93.7 Å². The lowest BCUT2D eigenvalue weighted by Gasteiger charge is -2.19. The molecule has 2 N–H and O–H groups in total. The number of benzene rings is 1. The van der Waals surface area contributed by atoms with Crippen LogP contribution >= 0.6 is 0 Å². The molecule has 0 heterocycles. The molecule has 0 fully saturated rings. The second kappa shape index (κ2) is 10.3. The van der Waals surface area contributed by atoms with E-state index in [-0.39, 0.29) is 25.5 Å². The highest BCUT2D eigenvalue weighted by Gasteiger charge is 2.16. The van der Waals surface area contributed by atoms with E-state index in [9.17, 15) is 14.4 Å². The van der Waals surface area contributed by atoms with Gasteiger partial charge in [-0.05, 0) is 32.8 Å². The summed E-state index contributed by atoms with van der Waals surface area (Å²) >= 11 is 0. The Bertz CT molecular complexity index is 567. The van der Waals surface area contributed by atoms with E-state index < -0.39 is 17.7 Å². The maximum atomic E-state index is 11.6. The molecule has 0 spiro atoms. The molecule has 0 bridgehead atoms. The maximum Gasteiger partial charge on any atom is 0.407 e. The van der Waals surface area contributed by atoms with Crippen LogP contribution in [0.4, 0.5) is 4.79 Å². The van der Waals surface area contributed by atoms with Gasteiger partial charge in [0.05, 0.1) is 0 Å². The number of amides is 2. The molecule has 0 saturated heterocycles. The number of carbonyl (C=O) groups is 3. The van der Waals surface area contributed by atoms with E-state index in [2.05, 4.69) is 10.6 Å². The van der Waals surface area contributed by atoms with Crippen LogP contribution in [0.1, 0.15) is 39.2 Å². The number of alkyl carbamates (subject to hydrolysis) is 1. The third-order valence-corrected chi connectivity index (χ3v) is 2.91. The molecule has 0 unspecified atom stereocenters. The maximum absolute atomic E-state index is 11.6. The first kappa shape index (κ1) is 20.5. The van der Waals surface area contributed by atoms with E-state index in [0.717, 1.165) is 5.56 Å². The SMILES string of the molecule is CC(C)(C)OC(=O)CNC(=O)CCCNC(=O)OCc1ccccc1. The summed E-state index contributed by atoms with van der Waals surface area (Å²) in [6, 6.07) is 9.35. The van der Waals surface area contributed by atoms with Crippen LogP contribution in [0.5, 0.6) is 0 Å². The lowest BCUT2D eigenvalue weighted by molar-refractivity contribution is -0.154. The molecule has 0 aliphatic heterocycles. The lowest BCUT2D eigenvalue weighted by atomic mass is 10.2. The number of esters is 1. The zero-order valence-corrected chi connectivity index (χ0v) is 15.0. The number of hydrogen-bond acceptors (Lipinski definition) is 5. The van der Waals surface area contributed by atoms with Crippen molar-refractivity contribution in [2.75, 3.05) is 13.1 Å². The fraction of sp³-hybridized carbons (Fsp3) is 0.500. The highest BCUT2D eigenvalue weighted by Crippen LogP contribution is 2.06. The summed E-state index contributed by atoms with van der Waals surface area (Å²) in [4.78, 5) is 34.6. The van der Waals surface area contributed by atoms with Crippen molar-refractivity contribution >= 4 is 18.0 Å². The minimum atomic E-state index is -0.578. The van der Waals surface area contributed by atoms with Gasteiger partial charge in [-0.3, -0.25) is 9.59 Å². The van der Waals surface area contributed by atoms with Crippen molar-refractivity contribution in [1.82, 2.24) is 10.6 Å². The Kier molecular flexibility index (Phi) is 8.46. The van der Waals surface area contributed by atoms with Crippen molar-refractivity contribution in [2.45, 2.75) is 45.8 Å². The Labute approximate surface area is 148 Å². The van der Waals surface area contributed by atoms with Crippen LogP contribution in [0.25, 0.3) is 0 Å². The van der Waals surface area contributed by atoms with Crippen LogP contribution in [-0.2, 0) is 25.7 Å². The van der Waals surface area contributed by atoms with Gasteiger partial charge in [0.2, 0.25) is 5.91 Å². The van der Waals surface area contributed by atoms with Crippen LogP contribution in [0.2, 0.25) is 0 Å². The molecule has 2 amide bonds. The van der Waals surface area contributed by atoms with E-state index in [0.29, 0.717) is 13.0 Å². The molecule has 0 aromatic heterocycles. The fourth-order valence-electron chi connectivity index (χ4n) is 1.85. The molecule has 7 nitrogen and oxygen atoms in total. The van der Waals surface area contributed by atoms with Gasteiger partial charge in [0.25, 0.3) is 0 Å². The molecule has 1 aromatic carbocycles. The normalized spacial score (nSPS) is 10.7. The van der Waals surface area contributed by atoms with Crippen LogP contribution < -0.4 is 10.6 Å². The van der Waals surface area contributed by atoms with Crippen molar-refractivity contribution < 1.29 is 23.9 Å². The number of hydrogen-bond donors (Lipinski definition) is 2. The monoisotopic (exact) mass is 350 g/mol.